The van der Waals surface area contributed by atoms with Crippen LogP contribution >= 0.6 is 11.3 Å². The van der Waals surface area contributed by atoms with Crippen LogP contribution in [0.4, 0.5) is 5.82 Å². The van der Waals surface area contributed by atoms with E-state index in [9.17, 15) is 4.79 Å². The molecular formula is C24H23N5OS. The van der Waals surface area contributed by atoms with Crippen LogP contribution in [0.2, 0.25) is 0 Å². The monoisotopic (exact) mass is 429 g/mol. The maximum absolute atomic E-state index is 13.2. The van der Waals surface area contributed by atoms with Crippen LogP contribution in [0.3, 0.4) is 0 Å². The fraction of sp³-hybridized carbons (Fsp3) is 0.208. The summed E-state index contributed by atoms with van der Waals surface area (Å²) in [5.74, 6) is 1.35. The number of nitrogen functional groups attached to an aromatic ring is 1. The standard InChI is InChI=1S/C24H23N5OS/c25-23-19-8-4-5-9-20(19)26-21(27-23)16-28-11-13-29(14-12-28)24(30)22-18(10-15-31-22)17-6-2-1-3-7-17/h1-10,15H,11-14,16H2,(H2,25,26,27). The Bertz CT molecular complexity index is 1220. The number of carbonyl (C=O) groups excluding carboxylic acids is 1. The lowest BCUT2D eigenvalue weighted by Gasteiger charge is -2.34. The quantitative estimate of drug-likeness (QED) is 0.533. The number of benzene rings is 2. The highest BCUT2D eigenvalue weighted by Gasteiger charge is 2.25. The van der Waals surface area contributed by atoms with Crippen LogP contribution < -0.4 is 5.73 Å². The number of nitrogens with two attached hydrogens (primary N) is 1. The Morgan fingerprint density at radius 1 is 0.935 bits per heavy atom. The van der Waals surface area contributed by atoms with Gasteiger partial charge in [-0.15, -0.1) is 11.3 Å². The minimum Gasteiger partial charge on any atom is -0.383 e. The highest BCUT2D eigenvalue weighted by atomic mass is 32.1. The Hall–Kier alpha value is -3.29. The first-order valence-corrected chi connectivity index (χ1v) is 11.2. The van der Waals surface area contributed by atoms with Crippen molar-refractivity contribution in [3.05, 3.63) is 76.7 Å². The molecule has 156 valence electrons. The van der Waals surface area contributed by atoms with E-state index in [-0.39, 0.29) is 5.91 Å². The Kier molecular flexibility index (Phi) is 5.36. The van der Waals surface area contributed by atoms with Crippen molar-refractivity contribution in [2.24, 2.45) is 0 Å². The molecule has 1 aliphatic rings. The van der Waals surface area contributed by atoms with E-state index >= 15 is 0 Å². The van der Waals surface area contributed by atoms with E-state index in [1.807, 2.05) is 70.9 Å². The molecule has 0 spiro atoms. The van der Waals surface area contributed by atoms with Crippen molar-refractivity contribution in [2.45, 2.75) is 6.54 Å². The summed E-state index contributed by atoms with van der Waals surface area (Å²) in [6.07, 6.45) is 0. The van der Waals surface area contributed by atoms with Gasteiger partial charge in [0.1, 0.15) is 11.6 Å². The lowest BCUT2D eigenvalue weighted by Crippen LogP contribution is -2.48. The molecule has 0 saturated carbocycles. The lowest BCUT2D eigenvalue weighted by molar-refractivity contribution is 0.0631. The molecule has 1 saturated heterocycles. The summed E-state index contributed by atoms with van der Waals surface area (Å²) in [6.45, 7) is 3.58. The third-order valence-corrected chi connectivity index (χ3v) is 6.55. The van der Waals surface area contributed by atoms with Gasteiger partial charge in [-0.3, -0.25) is 9.69 Å². The fourth-order valence-electron chi connectivity index (χ4n) is 3.99. The molecule has 31 heavy (non-hydrogen) atoms. The zero-order chi connectivity index (χ0) is 21.2. The van der Waals surface area contributed by atoms with Gasteiger partial charge in [0.2, 0.25) is 0 Å². The molecule has 0 bridgehead atoms. The van der Waals surface area contributed by atoms with Crippen LogP contribution in [0.5, 0.6) is 0 Å². The van der Waals surface area contributed by atoms with Crippen molar-refractivity contribution < 1.29 is 4.79 Å². The van der Waals surface area contributed by atoms with Crippen molar-refractivity contribution in [1.82, 2.24) is 19.8 Å². The molecule has 1 aliphatic heterocycles. The number of anilines is 1. The molecule has 1 fully saturated rings. The summed E-state index contributed by atoms with van der Waals surface area (Å²) in [5.41, 5.74) is 9.08. The van der Waals surface area contributed by atoms with E-state index in [1.54, 1.807) is 0 Å². The third-order valence-electron chi connectivity index (χ3n) is 5.65. The molecule has 5 rings (SSSR count). The number of hydrogen-bond donors (Lipinski definition) is 1. The van der Waals surface area contributed by atoms with Gasteiger partial charge < -0.3 is 10.6 Å². The van der Waals surface area contributed by atoms with Gasteiger partial charge in [-0.1, -0.05) is 42.5 Å². The van der Waals surface area contributed by atoms with Gasteiger partial charge in [0.25, 0.3) is 5.91 Å². The molecule has 2 aromatic heterocycles. The predicted molar refractivity (Wildman–Crippen MR) is 125 cm³/mol. The number of fused-ring (bicyclic) bond motifs is 1. The number of thiophene rings is 1. The van der Waals surface area contributed by atoms with E-state index in [4.69, 9.17) is 5.73 Å². The fourth-order valence-corrected chi connectivity index (χ4v) is 4.88. The van der Waals surface area contributed by atoms with Crippen molar-refractivity contribution in [1.29, 1.82) is 0 Å². The van der Waals surface area contributed by atoms with E-state index in [0.29, 0.717) is 25.5 Å². The topological polar surface area (TPSA) is 75.3 Å². The summed E-state index contributed by atoms with van der Waals surface area (Å²) >= 11 is 1.51. The molecule has 0 atom stereocenters. The van der Waals surface area contributed by atoms with Crippen LogP contribution in [0.1, 0.15) is 15.5 Å². The summed E-state index contributed by atoms with van der Waals surface area (Å²) < 4.78 is 0. The summed E-state index contributed by atoms with van der Waals surface area (Å²) in [7, 11) is 0. The van der Waals surface area contributed by atoms with Crippen LogP contribution in [0.15, 0.2) is 66.0 Å². The summed E-state index contributed by atoms with van der Waals surface area (Å²) in [6, 6.07) is 19.9. The normalized spacial score (nSPS) is 14.8. The average molecular weight is 430 g/mol. The number of piperazine rings is 1. The Balaban J connectivity index is 1.25. The molecule has 7 heteroatoms. The van der Waals surface area contributed by atoms with Crippen molar-refractivity contribution in [2.75, 3.05) is 31.9 Å². The van der Waals surface area contributed by atoms with Crippen LogP contribution in [0, 0.1) is 0 Å². The van der Waals surface area contributed by atoms with Gasteiger partial charge in [0.05, 0.1) is 16.9 Å². The number of rotatable bonds is 4. The average Bonchev–Trinajstić information content (AvgIpc) is 3.30. The molecule has 1 amide bonds. The minimum absolute atomic E-state index is 0.111. The van der Waals surface area contributed by atoms with Crippen molar-refractivity contribution in [3.63, 3.8) is 0 Å². The van der Waals surface area contributed by atoms with Gasteiger partial charge in [-0.25, -0.2) is 9.97 Å². The van der Waals surface area contributed by atoms with Crippen molar-refractivity contribution >= 4 is 34.0 Å². The molecule has 0 radical (unpaired) electrons. The van der Waals surface area contributed by atoms with Crippen LogP contribution in [0.25, 0.3) is 22.0 Å². The van der Waals surface area contributed by atoms with E-state index in [1.165, 1.54) is 11.3 Å². The zero-order valence-electron chi connectivity index (χ0n) is 17.1. The molecule has 4 aromatic rings. The first-order chi connectivity index (χ1) is 15.2. The number of carbonyl (C=O) groups is 1. The zero-order valence-corrected chi connectivity index (χ0v) is 17.9. The Morgan fingerprint density at radius 3 is 2.48 bits per heavy atom. The Labute approximate surface area is 185 Å². The minimum atomic E-state index is 0.111. The Morgan fingerprint density at radius 2 is 1.68 bits per heavy atom. The maximum atomic E-state index is 13.2. The lowest BCUT2D eigenvalue weighted by atomic mass is 10.1. The largest absolute Gasteiger partial charge is 0.383 e. The number of nitrogens with zero attached hydrogens (tertiary/aromatic N) is 4. The molecule has 6 nitrogen and oxygen atoms in total. The summed E-state index contributed by atoms with van der Waals surface area (Å²) in [5, 5.41) is 2.87. The number of aromatic nitrogens is 2. The first-order valence-electron chi connectivity index (χ1n) is 10.3. The first kappa shape index (κ1) is 19.7. The summed E-state index contributed by atoms with van der Waals surface area (Å²) in [4.78, 5) is 27.4. The molecule has 3 heterocycles. The smallest absolute Gasteiger partial charge is 0.264 e. The molecule has 2 N–H and O–H groups in total. The van der Waals surface area contributed by atoms with Gasteiger partial charge in [-0.2, -0.15) is 0 Å². The number of para-hydroxylation sites is 1. The predicted octanol–water partition coefficient (Wildman–Crippen LogP) is 3.90. The highest BCUT2D eigenvalue weighted by Crippen LogP contribution is 2.29. The number of hydrogen-bond acceptors (Lipinski definition) is 6. The van der Waals surface area contributed by atoms with Gasteiger partial charge in [-0.05, 0) is 29.1 Å². The molecule has 2 aromatic carbocycles. The van der Waals surface area contributed by atoms with E-state index in [0.717, 1.165) is 45.8 Å². The third kappa shape index (κ3) is 4.02. The van der Waals surface area contributed by atoms with Gasteiger partial charge in [0.15, 0.2) is 0 Å². The molecule has 0 aliphatic carbocycles. The highest BCUT2D eigenvalue weighted by molar-refractivity contribution is 7.12. The molecular weight excluding hydrogens is 406 g/mol. The number of amides is 1. The van der Waals surface area contributed by atoms with E-state index < -0.39 is 0 Å². The van der Waals surface area contributed by atoms with Crippen molar-refractivity contribution in [3.8, 4) is 11.1 Å². The van der Waals surface area contributed by atoms with Gasteiger partial charge in [0, 0.05) is 37.1 Å². The van der Waals surface area contributed by atoms with E-state index in [2.05, 4.69) is 14.9 Å². The van der Waals surface area contributed by atoms with Crippen LogP contribution in [-0.4, -0.2) is 51.9 Å². The maximum Gasteiger partial charge on any atom is 0.264 e. The second kappa shape index (κ2) is 8.45. The second-order valence-corrected chi connectivity index (χ2v) is 8.56. The van der Waals surface area contributed by atoms with Crippen LogP contribution in [-0.2, 0) is 6.54 Å². The molecule has 0 unspecified atom stereocenters. The van der Waals surface area contributed by atoms with Gasteiger partial charge >= 0.3 is 0 Å². The second-order valence-electron chi connectivity index (χ2n) is 7.64. The SMILES string of the molecule is Nc1nc(CN2CCN(C(=O)c3sccc3-c3ccccc3)CC2)nc2ccccc12.